The van der Waals surface area contributed by atoms with Gasteiger partial charge in [-0.2, -0.15) is 4.39 Å². The summed E-state index contributed by atoms with van der Waals surface area (Å²) in [6.45, 7) is 0.512. The van der Waals surface area contributed by atoms with Gasteiger partial charge in [0.25, 0.3) is 0 Å². The number of hydrogen-bond acceptors (Lipinski definition) is 1. The Bertz CT molecular complexity index is 448. The molecule has 1 aromatic rings. The lowest BCUT2D eigenvalue weighted by Gasteiger charge is -2.12. The molecular weight excluding hydrogens is 246 g/mol. The van der Waals surface area contributed by atoms with Gasteiger partial charge in [0.15, 0.2) is 11.6 Å². The first-order valence-electron chi connectivity index (χ1n) is 7.33. The Balaban J connectivity index is 1.68. The highest BCUT2D eigenvalue weighted by atomic mass is 19.2. The van der Waals surface area contributed by atoms with Crippen molar-refractivity contribution in [3.8, 4) is 5.75 Å². The van der Waals surface area contributed by atoms with Gasteiger partial charge in [0, 0.05) is 0 Å². The number of benzene rings is 1. The summed E-state index contributed by atoms with van der Waals surface area (Å²) < 4.78 is 33.3. The van der Waals surface area contributed by atoms with Crippen LogP contribution in [0.25, 0.3) is 0 Å². The lowest BCUT2D eigenvalue weighted by Crippen LogP contribution is -2.06. The molecule has 0 spiro atoms. The van der Waals surface area contributed by atoms with E-state index in [-0.39, 0.29) is 5.75 Å². The van der Waals surface area contributed by atoms with E-state index in [1.807, 2.05) is 0 Å². The van der Waals surface area contributed by atoms with Crippen LogP contribution in [-0.4, -0.2) is 6.61 Å². The second kappa shape index (κ2) is 5.48. The largest absolute Gasteiger partial charge is 0.490 e. The molecule has 2 aliphatic carbocycles. The van der Waals surface area contributed by atoms with Gasteiger partial charge >= 0.3 is 0 Å². The van der Waals surface area contributed by atoms with Crippen LogP contribution in [0, 0.1) is 23.5 Å². The molecule has 104 valence electrons. The standard InChI is InChI=1S/C16H20F2O/c17-15-13(9-11-3-1-2-4-11)7-8-14(16(15)18)19-10-12-5-6-12/h7-8,11-12H,1-6,9-10H2. The molecule has 0 N–H and O–H groups in total. The van der Waals surface area contributed by atoms with Crippen molar-refractivity contribution >= 4 is 0 Å². The molecule has 0 unspecified atom stereocenters. The third-order valence-electron chi connectivity index (χ3n) is 4.28. The monoisotopic (exact) mass is 266 g/mol. The van der Waals surface area contributed by atoms with E-state index in [0.29, 0.717) is 30.4 Å². The molecule has 0 atom stereocenters. The summed E-state index contributed by atoms with van der Waals surface area (Å²) in [6, 6.07) is 3.28. The molecule has 1 nitrogen and oxygen atoms in total. The quantitative estimate of drug-likeness (QED) is 0.763. The van der Waals surface area contributed by atoms with Crippen LogP contribution in [0.2, 0.25) is 0 Å². The van der Waals surface area contributed by atoms with Gasteiger partial charge in [-0.1, -0.05) is 31.7 Å². The minimum atomic E-state index is -0.809. The molecular formula is C16H20F2O. The maximum absolute atomic E-state index is 14.0. The fourth-order valence-corrected chi connectivity index (χ4v) is 2.86. The van der Waals surface area contributed by atoms with E-state index in [4.69, 9.17) is 4.74 Å². The van der Waals surface area contributed by atoms with Crippen molar-refractivity contribution in [2.45, 2.75) is 44.9 Å². The fourth-order valence-electron chi connectivity index (χ4n) is 2.86. The maximum Gasteiger partial charge on any atom is 0.200 e. The van der Waals surface area contributed by atoms with E-state index in [9.17, 15) is 8.78 Å². The molecule has 3 heteroatoms. The molecule has 0 radical (unpaired) electrons. The zero-order chi connectivity index (χ0) is 13.2. The average Bonchev–Trinajstić information content (AvgIpc) is 3.10. The zero-order valence-electron chi connectivity index (χ0n) is 11.1. The molecule has 2 aliphatic rings. The molecule has 2 fully saturated rings. The summed E-state index contributed by atoms with van der Waals surface area (Å²) in [7, 11) is 0. The molecule has 0 aliphatic heterocycles. The van der Waals surface area contributed by atoms with Crippen LogP contribution in [0.3, 0.4) is 0 Å². The van der Waals surface area contributed by atoms with Crippen LogP contribution < -0.4 is 4.74 Å². The van der Waals surface area contributed by atoms with Gasteiger partial charge in [-0.05, 0) is 42.7 Å². The summed E-state index contributed by atoms with van der Waals surface area (Å²) >= 11 is 0. The number of ether oxygens (including phenoxy) is 1. The molecule has 3 rings (SSSR count). The highest BCUT2D eigenvalue weighted by molar-refractivity contribution is 5.31. The molecule has 0 saturated heterocycles. The van der Waals surface area contributed by atoms with Crippen molar-refractivity contribution < 1.29 is 13.5 Å². The summed E-state index contributed by atoms with van der Waals surface area (Å²) in [4.78, 5) is 0. The van der Waals surface area contributed by atoms with E-state index in [2.05, 4.69) is 0 Å². The van der Waals surface area contributed by atoms with E-state index >= 15 is 0 Å². The normalized spacial score (nSPS) is 19.9. The number of rotatable bonds is 5. The van der Waals surface area contributed by atoms with Crippen molar-refractivity contribution in [1.82, 2.24) is 0 Å². The van der Waals surface area contributed by atoms with Gasteiger partial charge in [0.2, 0.25) is 5.82 Å². The molecule has 0 amide bonds. The van der Waals surface area contributed by atoms with Crippen molar-refractivity contribution in [1.29, 1.82) is 0 Å². The average molecular weight is 266 g/mol. The molecule has 0 bridgehead atoms. The fraction of sp³-hybridized carbons (Fsp3) is 0.625. The molecule has 2 saturated carbocycles. The minimum Gasteiger partial charge on any atom is -0.490 e. The third kappa shape index (κ3) is 3.07. The van der Waals surface area contributed by atoms with Crippen LogP contribution in [0.1, 0.15) is 44.1 Å². The SMILES string of the molecule is Fc1c(CC2CCCC2)ccc(OCC2CC2)c1F. The lowest BCUT2D eigenvalue weighted by molar-refractivity contribution is 0.279. The summed E-state index contributed by atoms with van der Waals surface area (Å²) in [6.07, 6.45) is 7.66. The smallest absolute Gasteiger partial charge is 0.200 e. The second-order valence-electron chi connectivity index (χ2n) is 5.96. The lowest BCUT2D eigenvalue weighted by atomic mass is 9.97. The molecule has 1 aromatic carbocycles. The van der Waals surface area contributed by atoms with E-state index < -0.39 is 11.6 Å². The topological polar surface area (TPSA) is 9.23 Å². The van der Waals surface area contributed by atoms with Crippen LogP contribution >= 0.6 is 0 Å². The number of halogens is 2. The minimum absolute atomic E-state index is 0.0690. The first-order valence-corrected chi connectivity index (χ1v) is 7.33. The summed E-state index contributed by atoms with van der Waals surface area (Å²) in [5.74, 6) is -0.385. The Kier molecular flexibility index (Phi) is 3.72. The Morgan fingerprint density at radius 1 is 0.947 bits per heavy atom. The first kappa shape index (κ1) is 12.9. The predicted octanol–water partition coefficient (Wildman–Crippen LogP) is 4.49. The Labute approximate surface area is 113 Å². The molecule has 0 heterocycles. The van der Waals surface area contributed by atoms with Crippen molar-refractivity contribution in [3.05, 3.63) is 29.3 Å². The summed E-state index contributed by atoms with van der Waals surface area (Å²) in [5, 5.41) is 0. The maximum atomic E-state index is 14.0. The highest BCUT2D eigenvalue weighted by Gasteiger charge is 2.24. The van der Waals surface area contributed by atoms with Gasteiger partial charge in [0.1, 0.15) is 0 Å². The number of hydrogen-bond donors (Lipinski definition) is 0. The van der Waals surface area contributed by atoms with Gasteiger partial charge < -0.3 is 4.74 Å². The predicted molar refractivity (Wildman–Crippen MR) is 70.2 cm³/mol. The van der Waals surface area contributed by atoms with Gasteiger partial charge in [0.05, 0.1) is 6.61 Å². The van der Waals surface area contributed by atoms with Crippen molar-refractivity contribution in [3.63, 3.8) is 0 Å². The van der Waals surface area contributed by atoms with E-state index in [1.54, 1.807) is 12.1 Å². The summed E-state index contributed by atoms with van der Waals surface area (Å²) in [5.41, 5.74) is 0.503. The van der Waals surface area contributed by atoms with Gasteiger partial charge in [-0.15, -0.1) is 0 Å². The van der Waals surface area contributed by atoms with Crippen LogP contribution in [0.4, 0.5) is 8.78 Å². The van der Waals surface area contributed by atoms with Crippen LogP contribution in [0.5, 0.6) is 5.75 Å². The van der Waals surface area contributed by atoms with Crippen LogP contribution in [0.15, 0.2) is 12.1 Å². The highest BCUT2D eigenvalue weighted by Crippen LogP contribution is 2.33. The van der Waals surface area contributed by atoms with E-state index in [0.717, 1.165) is 25.7 Å². The Hall–Kier alpha value is -1.12. The van der Waals surface area contributed by atoms with Gasteiger partial charge in [-0.25, -0.2) is 4.39 Å². The van der Waals surface area contributed by atoms with Gasteiger partial charge in [-0.3, -0.25) is 0 Å². The Morgan fingerprint density at radius 2 is 1.68 bits per heavy atom. The zero-order valence-corrected chi connectivity index (χ0v) is 11.1. The Morgan fingerprint density at radius 3 is 2.37 bits per heavy atom. The molecule has 0 aromatic heterocycles. The second-order valence-corrected chi connectivity index (χ2v) is 5.96. The van der Waals surface area contributed by atoms with Crippen molar-refractivity contribution in [2.75, 3.05) is 6.61 Å². The van der Waals surface area contributed by atoms with Crippen molar-refractivity contribution in [2.24, 2.45) is 11.8 Å². The third-order valence-corrected chi connectivity index (χ3v) is 4.28. The van der Waals surface area contributed by atoms with Crippen LogP contribution in [-0.2, 0) is 6.42 Å². The van der Waals surface area contributed by atoms with E-state index in [1.165, 1.54) is 12.8 Å². The molecule has 19 heavy (non-hydrogen) atoms. The first-order chi connectivity index (χ1) is 9.24.